The molecule has 0 atom stereocenters. The summed E-state index contributed by atoms with van der Waals surface area (Å²) in [5.74, 6) is 0. The normalized spacial score (nSPS) is 22.7. The van der Waals surface area contributed by atoms with Crippen LogP contribution >= 0.6 is 0 Å². The molecule has 0 aromatic heterocycles. The third-order valence-electron chi connectivity index (χ3n) is 2.28. The van der Waals surface area contributed by atoms with Crippen molar-refractivity contribution in [3.8, 4) is 0 Å². The van der Waals surface area contributed by atoms with Crippen LogP contribution in [0.4, 0.5) is 0 Å². The summed E-state index contributed by atoms with van der Waals surface area (Å²) < 4.78 is 0. The molecule has 1 aliphatic rings. The zero-order chi connectivity index (χ0) is 6.91. The molecule has 0 bridgehead atoms. The molecule has 0 radical (unpaired) electrons. The summed E-state index contributed by atoms with van der Waals surface area (Å²) in [6, 6.07) is 0. The fourth-order valence-corrected chi connectivity index (χ4v) is 1.26. The zero-order valence-corrected chi connectivity index (χ0v) is 6.57. The molecule has 0 unspecified atom stereocenters. The van der Waals surface area contributed by atoms with E-state index in [2.05, 4.69) is 24.3 Å². The molecule has 54 valence electrons. The van der Waals surface area contributed by atoms with Crippen molar-refractivity contribution < 1.29 is 0 Å². The highest BCUT2D eigenvalue weighted by Crippen LogP contribution is 2.38. The van der Waals surface area contributed by atoms with Crippen LogP contribution < -0.4 is 5.32 Å². The van der Waals surface area contributed by atoms with Gasteiger partial charge in [0.2, 0.25) is 0 Å². The van der Waals surface area contributed by atoms with Gasteiger partial charge in [0.1, 0.15) is 0 Å². The molecule has 2 heteroatoms. The summed E-state index contributed by atoms with van der Waals surface area (Å²) in [7, 11) is 6.33. The Hall–Kier alpha value is -0.0800. The van der Waals surface area contributed by atoms with E-state index in [0.717, 1.165) is 6.54 Å². The van der Waals surface area contributed by atoms with Crippen LogP contribution in [0, 0.1) is 0 Å². The van der Waals surface area contributed by atoms with Crippen LogP contribution in [0.5, 0.6) is 0 Å². The van der Waals surface area contributed by atoms with Crippen LogP contribution in [-0.4, -0.2) is 38.1 Å². The predicted molar refractivity (Wildman–Crippen MR) is 39.6 cm³/mol. The van der Waals surface area contributed by atoms with Gasteiger partial charge in [-0.25, -0.2) is 0 Å². The van der Waals surface area contributed by atoms with Crippen LogP contribution in [0.2, 0.25) is 0 Å². The lowest BCUT2D eigenvalue weighted by molar-refractivity contribution is 0.266. The van der Waals surface area contributed by atoms with Crippen LogP contribution in [0.25, 0.3) is 0 Å². The molecule has 0 saturated heterocycles. The largest absolute Gasteiger partial charge is 0.318 e. The molecule has 1 N–H and O–H groups in total. The lowest BCUT2D eigenvalue weighted by Gasteiger charge is -2.22. The van der Waals surface area contributed by atoms with Crippen molar-refractivity contribution in [2.24, 2.45) is 0 Å². The minimum absolute atomic E-state index is 0.523. The molecule has 0 spiro atoms. The van der Waals surface area contributed by atoms with Gasteiger partial charge in [0.15, 0.2) is 0 Å². The van der Waals surface area contributed by atoms with Gasteiger partial charge < -0.3 is 10.2 Å². The Balaban J connectivity index is 2.33. The highest BCUT2D eigenvalue weighted by molar-refractivity contribution is 5.02. The number of hydrogen-bond acceptors (Lipinski definition) is 2. The van der Waals surface area contributed by atoms with Gasteiger partial charge in [-0.05, 0) is 34.0 Å². The van der Waals surface area contributed by atoms with Crippen molar-refractivity contribution in [1.82, 2.24) is 10.2 Å². The monoisotopic (exact) mass is 128 g/mol. The average molecular weight is 128 g/mol. The first-order valence-corrected chi connectivity index (χ1v) is 3.53. The van der Waals surface area contributed by atoms with E-state index in [1.165, 1.54) is 12.8 Å². The molecule has 2 nitrogen and oxygen atoms in total. The molecule has 1 saturated carbocycles. The van der Waals surface area contributed by atoms with Crippen LogP contribution in [0.3, 0.4) is 0 Å². The molecule has 1 aliphatic carbocycles. The van der Waals surface area contributed by atoms with E-state index in [4.69, 9.17) is 0 Å². The lowest BCUT2D eigenvalue weighted by atomic mass is 10.2. The summed E-state index contributed by atoms with van der Waals surface area (Å²) in [4.78, 5) is 2.32. The fraction of sp³-hybridized carbons (Fsp3) is 1.00. The Morgan fingerprint density at radius 2 is 2.00 bits per heavy atom. The standard InChI is InChI=1S/C7H16N2/c1-8-6-7(4-5-7)9(2)3/h8H,4-6H2,1-3H3. The molecular formula is C7H16N2. The first-order valence-electron chi connectivity index (χ1n) is 3.53. The topological polar surface area (TPSA) is 15.3 Å². The molecule has 0 aromatic rings. The molecular weight excluding hydrogens is 112 g/mol. The van der Waals surface area contributed by atoms with E-state index in [1.54, 1.807) is 0 Å². The first-order chi connectivity index (χ1) is 4.21. The number of nitrogens with zero attached hydrogens (tertiary/aromatic N) is 1. The summed E-state index contributed by atoms with van der Waals surface area (Å²) in [6.07, 6.45) is 2.72. The Kier molecular flexibility index (Phi) is 1.78. The van der Waals surface area contributed by atoms with Crippen LogP contribution in [0.15, 0.2) is 0 Å². The molecule has 0 aromatic carbocycles. The lowest BCUT2D eigenvalue weighted by Crippen LogP contribution is -2.38. The van der Waals surface area contributed by atoms with E-state index in [1.807, 2.05) is 7.05 Å². The second kappa shape index (κ2) is 2.27. The van der Waals surface area contributed by atoms with E-state index >= 15 is 0 Å². The average Bonchev–Trinajstić information content (AvgIpc) is 2.49. The molecule has 0 amide bonds. The van der Waals surface area contributed by atoms with Crippen molar-refractivity contribution in [1.29, 1.82) is 0 Å². The smallest absolute Gasteiger partial charge is 0.0329 e. The van der Waals surface area contributed by atoms with Crippen molar-refractivity contribution in [3.63, 3.8) is 0 Å². The maximum Gasteiger partial charge on any atom is 0.0329 e. The zero-order valence-electron chi connectivity index (χ0n) is 6.57. The van der Waals surface area contributed by atoms with E-state index in [-0.39, 0.29) is 0 Å². The van der Waals surface area contributed by atoms with Crippen molar-refractivity contribution in [3.05, 3.63) is 0 Å². The second-order valence-electron chi connectivity index (χ2n) is 3.15. The summed E-state index contributed by atoms with van der Waals surface area (Å²) in [5.41, 5.74) is 0.523. The highest BCUT2D eigenvalue weighted by Gasteiger charge is 2.43. The second-order valence-corrected chi connectivity index (χ2v) is 3.15. The minimum Gasteiger partial charge on any atom is -0.318 e. The minimum atomic E-state index is 0.523. The molecule has 1 rings (SSSR count). The maximum absolute atomic E-state index is 3.21. The van der Waals surface area contributed by atoms with Gasteiger partial charge >= 0.3 is 0 Å². The Bertz CT molecular complexity index is 95.1. The molecule has 0 heterocycles. The quantitative estimate of drug-likeness (QED) is 0.588. The summed E-state index contributed by atoms with van der Waals surface area (Å²) in [6.45, 7) is 1.14. The number of likely N-dealkylation sites (N-methyl/N-ethyl adjacent to an activating group) is 2. The summed E-state index contributed by atoms with van der Waals surface area (Å²) in [5, 5.41) is 3.21. The SMILES string of the molecule is CNCC1(N(C)C)CC1. The number of nitrogens with one attached hydrogen (secondary N) is 1. The van der Waals surface area contributed by atoms with Gasteiger partial charge in [0.25, 0.3) is 0 Å². The van der Waals surface area contributed by atoms with Crippen LogP contribution in [0.1, 0.15) is 12.8 Å². The van der Waals surface area contributed by atoms with Crippen LogP contribution in [-0.2, 0) is 0 Å². The van der Waals surface area contributed by atoms with Gasteiger partial charge in [0, 0.05) is 12.1 Å². The maximum atomic E-state index is 3.21. The molecule has 1 fully saturated rings. The number of rotatable bonds is 3. The van der Waals surface area contributed by atoms with Gasteiger partial charge in [-0.15, -0.1) is 0 Å². The Labute approximate surface area is 57.2 Å². The van der Waals surface area contributed by atoms with Gasteiger partial charge in [-0.3, -0.25) is 0 Å². The third-order valence-corrected chi connectivity index (χ3v) is 2.28. The summed E-state index contributed by atoms with van der Waals surface area (Å²) >= 11 is 0. The fourth-order valence-electron chi connectivity index (χ4n) is 1.26. The molecule has 9 heavy (non-hydrogen) atoms. The highest BCUT2D eigenvalue weighted by atomic mass is 15.2. The van der Waals surface area contributed by atoms with Gasteiger partial charge in [-0.1, -0.05) is 0 Å². The number of hydrogen-bond donors (Lipinski definition) is 1. The van der Waals surface area contributed by atoms with Crippen molar-refractivity contribution in [2.75, 3.05) is 27.7 Å². The third kappa shape index (κ3) is 1.25. The first kappa shape index (κ1) is 7.03. The van der Waals surface area contributed by atoms with E-state index in [0.29, 0.717) is 5.54 Å². The molecule has 0 aliphatic heterocycles. The van der Waals surface area contributed by atoms with Gasteiger partial charge in [-0.2, -0.15) is 0 Å². The van der Waals surface area contributed by atoms with Crippen molar-refractivity contribution in [2.45, 2.75) is 18.4 Å². The van der Waals surface area contributed by atoms with Crippen molar-refractivity contribution >= 4 is 0 Å². The van der Waals surface area contributed by atoms with E-state index < -0.39 is 0 Å². The Morgan fingerprint density at radius 3 is 2.11 bits per heavy atom. The predicted octanol–water partition coefficient (Wildman–Crippen LogP) is 0.300. The van der Waals surface area contributed by atoms with E-state index in [9.17, 15) is 0 Å². The Morgan fingerprint density at radius 1 is 1.44 bits per heavy atom. The van der Waals surface area contributed by atoms with Gasteiger partial charge in [0.05, 0.1) is 0 Å².